The van der Waals surface area contributed by atoms with E-state index in [-0.39, 0.29) is 24.9 Å². The third-order valence-corrected chi connectivity index (χ3v) is 5.19. The fraction of sp³-hybridized carbons (Fsp3) is 0.588. The zero-order chi connectivity index (χ0) is 18.2. The van der Waals surface area contributed by atoms with Gasteiger partial charge in [0.25, 0.3) is 0 Å². The zero-order valence-electron chi connectivity index (χ0n) is 14.9. The lowest BCUT2D eigenvalue weighted by Crippen LogP contribution is -2.38. The molecule has 0 aliphatic carbocycles. The van der Waals surface area contributed by atoms with Crippen LogP contribution in [-0.2, 0) is 21.2 Å². The second kappa shape index (κ2) is 9.64. The Morgan fingerprint density at radius 3 is 2.38 bits per heavy atom. The normalized spacial score (nSPS) is 12.9. The summed E-state index contributed by atoms with van der Waals surface area (Å²) in [4.78, 5) is 11.8. The first-order valence-electron chi connectivity index (χ1n) is 8.13. The van der Waals surface area contributed by atoms with Gasteiger partial charge in [-0.3, -0.25) is 4.79 Å². The van der Waals surface area contributed by atoms with E-state index in [1.807, 2.05) is 38.1 Å². The molecule has 0 aliphatic rings. The monoisotopic (exact) mass is 356 g/mol. The van der Waals surface area contributed by atoms with Gasteiger partial charge in [0.2, 0.25) is 15.9 Å². The van der Waals surface area contributed by atoms with Crippen molar-refractivity contribution in [3.05, 3.63) is 29.8 Å². The third-order valence-electron chi connectivity index (χ3n) is 3.89. The first kappa shape index (κ1) is 20.4. The van der Waals surface area contributed by atoms with Gasteiger partial charge < -0.3 is 10.1 Å². The molecule has 0 bridgehead atoms. The topological polar surface area (TPSA) is 75.7 Å². The van der Waals surface area contributed by atoms with Crippen LogP contribution in [0, 0.1) is 0 Å². The Bertz CT molecular complexity index is 614. The Kier molecular flexibility index (Phi) is 8.21. The minimum atomic E-state index is -3.35. The molecule has 1 aromatic rings. The highest BCUT2D eigenvalue weighted by atomic mass is 32.2. The van der Waals surface area contributed by atoms with E-state index < -0.39 is 10.0 Å². The van der Waals surface area contributed by atoms with Gasteiger partial charge in [0.1, 0.15) is 5.75 Å². The van der Waals surface area contributed by atoms with Crippen molar-refractivity contribution >= 4 is 15.9 Å². The summed E-state index contributed by atoms with van der Waals surface area (Å²) in [5.41, 5.74) is 1.02. The van der Waals surface area contributed by atoms with Crippen LogP contribution in [0.3, 0.4) is 0 Å². The van der Waals surface area contributed by atoms with E-state index in [1.165, 1.54) is 10.6 Å². The van der Waals surface area contributed by atoms with Crippen LogP contribution in [0.1, 0.15) is 32.3 Å². The van der Waals surface area contributed by atoms with Crippen LogP contribution in [0.4, 0.5) is 0 Å². The summed E-state index contributed by atoms with van der Waals surface area (Å²) in [7, 11) is -1.75. The summed E-state index contributed by atoms with van der Waals surface area (Å²) < 4.78 is 30.3. The van der Waals surface area contributed by atoms with Crippen LogP contribution >= 0.6 is 0 Å². The predicted octanol–water partition coefficient (Wildman–Crippen LogP) is 1.80. The standard InChI is InChI=1S/C17H28N2O4S/c1-5-14(2)18-17(20)11-13-19(24(4,21)22)12-10-15-6-8-16(23-3)9-7-15/h6-9,14H,5,10-13H2,1-4H3,(H,18,20). The molecule has 0 aromatic heterocycles. The van der Waals surface area contributed by atoms with Gasteiger partial charge in [-0.2, -0.15) is 0 Å². The van der Waals surface area contributed by atoms with Crippen LogP contribution in [-0.4, -0.2) is 51.1 Å². The minimum Gasteiger partial charge on any atom is -0.497 e. The Morgan fingerprint density at radius 2 is 1.88 bits per heavy atom. The molecule has 0 heterocycles. The number of hydrogen-bond donors (Lipinski definition) is 1. The van der Waals surface area contributed by atoms with E-state index in [4.69, 9.17) is 4.74 Å². The van der Waals surface area contributed by atoms with Gasteiger partial charge in [-0.15, -0.1) is 0 Å². The molecule has 0 spiro atoms. The average molecular weight is 356 g/mol. The summed E-state index contributed by atoms with van der Waals surface area (Å²) in [5.74, 6) is 0.642. The van der Waals surface area contributed by atoms with E-state index in [0.717, 1.165) is 17.7 Å². The lowest BCUT2D eigenvalue weighted by Gasteiger charge is -2.20. The van der Waals surface area contributed by atoms with Gasteiger partial charge in [0, 0.05) is 25.6 Å². The highest BCUT2D eigenvalue weighted by molar-refractivity contribution is 7.88. The minimum absolute atomic E-state index is 0.100. The molecule has 0 fully saturated rings. The fourth-order valence-corrected chi connectivity index (χ4v) is 3.01. The molecule has 136 valence electrons. The quantitative estimate of drug-likeness (QED) is 0.694. The third kappa shape index (κ3) is 7.31. The smallest absolute Gasteiger partial charge is 0.221 e. The molecule has 7 heteroatoms. The van der Waals surface area contributed by atoms with Gasteiger partial charge in [0.05, 0.1) is 13.4 Å². The number of benzene rings is 1. The molecule has 1 N–H and O–H groups in total. The Hall–Kier alpha value is -1.60. The summed E-state index contributed by atoms with van der Waals surface area (Å²) >= 11 is 0. The van der Waals surface area contributed by atoms with Crippen LogP contribution in [0.25, 0.3) is 0 Å². The second-order valence-corrected chi connectivity index (χ2v) is 7.87. The number of sulfonamides is 1. The molecule has 1 rings (SSSR count). The maximum atomic E-state index is 11.9. The molecule has 0 radical (unpaired) electrons. The van der Waals surface area contributed by atoms with Gasteiger partial charge in [0.15, 0.2) is 0 Å². The highest BCUT2D eigenvalue weighted by Crippen LogP contribution is 2.12. The molecular formula is C17H28N2O4S. The van der Waals surface area contributed by atoms with E-state index >= 15 is 0 Å². The Balaban J connectivity index is 2.58. The van der Waals surface area contributed by atoms with Crippen molar-refractivity contribution in [3.8, 4) is 5.75 Å². The first-order chi connectivity index (χ1) is 11.3. The summed E-state index contributed by atoms with van der Waals surface area (Å²) in [5, 5.41) is 2.85. The van der Waals surface area contributed by atoms with Crippen LogP contribution in [0.15, 0.2) is 24.3 Å². The second-order valence-electron chi connectivity index (χ2n) is 5.89. The lowest BCUT2D eigenvalue weighted by molar-refractivity contribution is -0.121. The number of carbonyl (C=O) groups excluding carboxylic acids is 1. The van der Waals surface area contributed by atoms with Crippen LogP contribution < -0.4 is 10.1 Å². The van der Waals surface area contributed by atoms with Crippen molar-refractivity contribution < 1.29 is 17.9 Å². The van der Waals surface area contributed by atoms with Crippen LogP contribution in [0.5, 0.6) is 5.75 Å². The molecule has 1 amide bonds. The lowest BCUT2D eigenvalue weighted by atomic mass is 10.1. The maximum absolute atomic E-state index is 11.9. The van der Waals surface area contributed by atoms with Gasteiger partial charge >= 0.3 is 0 Å². The maximum Gasteiger partial charge on any atom is 0.221 e. The molecule has 24 heavy (non-hydrogen) atoms. The number of amides is 1. The fourth-order valence-electron chi connectivity index (χ4n) is 2.16. The molecule has 6 nitrogen and oxygen atoms in total. The number of nitrogens with one attached hydrogen (secondary N) is 1. The number of nitrogens with zero attached hydrogens (tertiary/aromatic N) is 1. The molecule has 0 saturated carbocycles. The number of ether oxygens (including phenoxy) is 1. The number of hydrogen-bond acceptors (Lipinski definition) is 4. The average Bonchev–Trinajstić information content (AvgIpc) is 2.53. The van der Waals surface area contributed by atoms with Crippen LogP contribution in [0.2, 0.25) is 0 Å². The molecule has 1 unspecified atom stereocenters. The highest BCUT2D eigenvalue weighted by Gasteiger charge is 2.18. The van der Waals surface area contributed by atoms with Crippen molar-refractivity contribution in [1.29, 1.82) is 0 Å². The van der Waals surface area contributed by atoms with Gasteiger partial charge in [-0.1, -0.05) is 19.1 Å². The van der Waals surface area contributed by atoms with E-state index in [9.17, 15) is 13.2 Å². The predicted molar refractivity (Wildman–Crippen MR) is 95.6 cm³/mol. The summed E-state index contributed by atoms with van der Waals surface area (Å²) in [6.45, 7) is 4.46. The van der Waals surface area contributed by atoms with Crippen molar-refractivity contribution in [1.82, 2.24) is 9.62 Å². The first-order valence-corrected chi connectivity index (χ1v) is 9.98. The van der Waals surface area contributed by atoms with Crippen molar-refractivity contribution in [2.45, 2.75) is 39.2 Å². The van der Waals surface area contributed by atoms with Gasteiger partial charge in [-0.25, -0.2) is 12.7 Å². The Morgan fingerprint density at radius 1 is 1.25 bits per heavy atom. The molecular weight excluding hydrogens is 328 g/mol. The summed E-state index contributed by atoms with van der Waals surface area (Å²) in [6, 6.07) is 7.62. The van der Waals surface area contributed by atoms with Crippen molar-refractivity contribution in [2.24, 2.45) is 0 Å². The number of rotatable bonds is 10. The number of methoxy groups -OCH3 is 1. The molecule has 0 saturated heterocycles. The summed E-state index contributed by atoms with van der Waals surface area (Å²) in [6.07, 6.45) is 2.77. The van der Waals surface area contributed by atoms with Gasteiger partial charge in [-0.05, 0) is 37.5 Å². The SMILES string of the molecule is CCC(C)NC(=O)CCN(CCc1ccc(OC)cc1)S(C)(=O)=O. The Labute approximate surface area is 145 Å². The largest absolute Gasteiger partial charge is 0.497 e. The van der Waals surface area contributed by atoms with Crippen molar-refractivity contribution in [2.75, 3.05) is 26.5 Å². The zero-order valence-corrected chi connectivity index (χ0v) is 15.7. The molecule has 0 aliphatic heterocycles. The van der Waals surface area contributed by atoms with E-state index in [0.29, 0.717) is 13.0 Å². The van der Waals surface area contributed by atoms with E-state index in [1.54, 1.807) is 7.11 Å². The van der Waals surface area contributed by atoms with E-state index in [2.05, 4.69) is 5.32 Å². The number of carbonyl (C=O) groups is 1. The molecule has 1 atom stereocenters. The van der Waals surface area contributed by atoms with Crippen molar-refractivity contribution in [3.63, 3.8) is 0 Å². The molecule has 1 aromatic carbocycles.